The highest BCUT2D eigenvalue weighted by atomic mass is 32.1. The number of rotatable bonds is 4. The molecule has 0 fully saturated rings. The van der Waals surface area contributed by atoms with E-state index < -0.39 is 0 Å². The Labute approximate surface area is 125 Å². The van der Waals surface area contributed by atoms with Crippen LogP contribution in [0.4, 0.5) is 5.69 Å². The highest BCUT2D eigenvalue weighted by Gasteiger charge is 2.10. The maximum absolute atomic E-state index is 12.1. The number of amides is 1. The molecule has 0 radical (unpaired) electrons. The minimum atomic E-state index is -0.242. The zero-order valence-electron chi connectivity index (χ0n) is 11.1. The Morgan fingerprint density at radius 2 is 2.33 bits per heavy atom. The summed E-state index contributed by atoms with van der Waals surface area (Å²) in [5.74, 6) is -0.242. The minimum Gasteiger partial charge on any atom is -0.325 e. The zero-order valence-corrected chi connectivity index (χ0v) is 11.9. The zero-order chi connectivity index (χ0) is 14.7. The predicted octanol–water partition coefficient (Wildman–Crippen LogP) is 2.04. The van der Waals surface area contributed by atoms with Crippen molar-refractivity contribution < 1.29 is 4.79 Å². The van der Waals surface area contributed by atoms with Gasteiger partial charge in [-0.05, 0) is 18.2 Å². The summed E-state index contributed by atoms with van der Waals surface area (Å²) in [6, 6.07) is 7.51. The van der Waals surface area contributed by atoms with E-state index >= 15 is 0 Å². The number of nitrogens with two attached hydrogens (primary N) is 1. The molecule has 1 amide bonds. The number of carbonyl (C=O) groups is 1. The van der Waals surface area contributed by atoms with Gasteiger partial charge in [-0.2, -0.15) is 0 Å². The molecule has 2 heterocycles. The van der Waals surface area contributed by atoms with Crippen molar-refractivity contribution in [1.29, 1.82) is 0 Å². The van der Waals surface area contributed by atoms with E-state index in [9.17, 15) is 4.79 Å². The number of hydrogen-bond donors (Lipinski definition) is 2. The Kier molecular flexibility index (Phi) is 3.76. The molecular weight excluding hydrogens is 286 g/mol. The molecular formula is C14H13N5OS. The third kappa shape index (κ3) is 2.99. The van der Waals surface area contributed by atoms with Crippen LogP contribution >= 0.6 is 11.3 Å². The second-order valence-corrected chi connectivity index (χ2v) is 5.25. The number of benzene rings is 1. The number of hydrogen-bond acceptors (Lipinski definition) is 5. The van der Waals surface area contributed by atoms with Gasteiger partial charge in [0.05, 0.1) is 6.33 Å². The number of nitrogens with one attached hydrogen (secondary N) is 1. The van der Waals surface area contributed by atoms with E-state index in [0.29, 0.717) is 17.9 Å². The number of imidazole rings is 1. The van der Waals surface area contributed by atoms with Gasteiger partial charge in [0, 0.05) is 35.7 Å². The largest absolute Gasteiger partial charge is 0.325 e. The van der Waals surface area contributed by atoms with Crippen LogP contribution in [-0.2, 0) is 6.54 Å². The van der Waals surface area contributed by atoms with Gasteiger partial charge in [0.25, 0.3) is 5.91 Å². The van der Waals surface area contributed by atoms with Crippen molar-refractivity contribution >= 4 is 22.9 Å². The average molecular weight is 299 g/mol. The van der Waals surface area contributed by atoms with E-state index in [0.717, 1.165) is 10.7 Å². The molecule has 0 bridgehead atoms. The summed E-state index contributed by atoms with van der Waals surface area (Å²) >= 11 is 1.38. The Morgan fingerprint density at radius 3 is 3.05 bits per heavy atom. The fourth-order valence-corrected chi connectivity index (χ4v) is 2.51. The van der Waals surface area contributed by atoms with Gasteiger partial charge >= 0.3 is 0 Å². The molecule has 106 valence electrons. The topological polar surface area (TPSA) is 85.8 Å². The van der Waals surface area contributed by atoms with Crippen LogP contribution in [0.1, 0.15) is 15.5 Å². The first-order valence-electron chi connectivity index (χ1n) is 6.30. The van der Waals surface area contributed by atoms with Crippen molar-refractivity contribution in [1.82, 2.24) is 14.5 Å². The number of carbonyl (C=O) groups excluding carboxylic acids is 1. The van der Waals surface area contributed by atoms with Crippen LogP contribution in [0.25, 0.3) is 5.69 Å². The fourth-order valence-electron chi connectivity index (χ4n) is 1.86. The number of anilines is 1. The van der Waals surface area contributed by atoms with E-state index in [1.165, 1.54) is 11.3 Å². The van der Waals surface area contributed by atoms with Crippen molar-refractivity contribution in [3.8, 4) is 5.69 Å². The lowest BCUT2D eigenvalue weighted by Crippen LogP contribution is -2.13. The van der Waals surface area contributed by atoms with Crippen molar-refractivity contribution in [3.63, 3.8) is 0 Å². The van der Waals surface area contributed by atoms with Crippen molar-refractivity contribution in [2.45, 2.75) is 6.54 Å². The summed E-state index contributed by atoms with van der Waals surface area (Å²) < 4.78 is 1.87. The van der Waals surface area contributed by atoms with E-state index in [-0.39, 0.29) is 5.91 Å². The van der Waals surface area contributed by atoms with Gasteiger partial charge in [-0.15, -0.1) is 11.3 Å². The maximum Gasteiger partial charge on any atom is 0.275 e. The van der Waals surface area contributed by atoms with Crippen LogP contribution < -0.4 is 11.1 Å². The van der Waals surface area contributed by atoms with Crippen LogP contribution in [0, 0.1) is 0 Å². The quantitative estimate of drug-likeness (QED) is 0.772. The standard InChI is InChI=1S/C14H13N5OS/c15-7-13-18-12(8-21-13)14(20)17-10-2-1-3-11(6-10)19-5-4-16-9-19/h1-6,8-9H,7,15H2,(H,17,20). The predicted molar refractivity (Wildman–Crippen MR) is 81.5 cm³/mol. The Balaban J connectivity index is 1.78. The molecule has 0 spiro atoms. The van der Waals surface area contributed by atoms with Crippen molar-refractivity contribution in [2.75, 3.05) is 5.32 Å². The number of nitrogens with zero attached hydrogens (tertiary/aromatic N) is 3. The lowest BCUT2D eigenvalue weighted by molar-refractivity contribution is 0.102. The normalized spacial score (nSPS) is 10.5. The molecule has 0 aliphatic rings. The van der Waals surface area contributed by atoms with Crippen LogP contribution in [0.2, 0.25) is 0 Å². The summed E-state index contributed by atoms with van der Waals surface area (Å²) in [4.78, 5) is 20.3. The molecule has 0 aliphatic carbocycles. The molecule has 3 aromatic rings. The number of thiazole rings is 1. The van der Waals surface area contributed by atoms with Crippen molar-refractivity contribution in [2.24, 2.45) is 5.73 Å². The highest BCUT2D eigenvalue weighted by Crippen LogP contribution is 2.16. The molecule has 6 nitrogen and oxygen atoms in total. The second kappa shape index (κ2) is 5.86. The van der Waals surface area contributed by atoms with E-state index in [2.05, 4.69) is 15.3 Å². The molecule has 0 aliphatic heterocycles. The summed E-state index contributed by atoms with van der Waals surface area (Å²) in [5.41, 5.74) is 7.51. The average Bonchev–Trinajstić information content (AvgIpc) is 3.19. The lowest BCUT2D eigenvalue weighted by atomic mass is 10.2. The molecule has 0 atom stereocenters. The molecule has 1 aromatic carbocycles. The first kappa shape index (κ1) is 13.5. The lowest BCUT2D eigenvalue weighted by Gasteiger charge is -2.06. The van der Waals surface area contributed by atoms with E-state index in [4.69, 9.17) is 5.73 Å². The SMILES string of the molecule is NCc1nc(C(=O)Nc2cccc(-n3ccnc3)c2)cs1. The molecule has 2 aromatic heterocycles. The molecule has 3 rings (SSSR count). The minimum absolute atomic E-state index is 0.242. The molecule has 0 saturated heterocycles. The molecule has 0 unspecified atom stereocenters. The Hall–Kier alpha value is -2.51. The van der Waals surface area contributed by atoms with Gasteiger partial charge in [-0.25, -0.2) is 9.97 Å². The van der Waals surface area contributed by atoms with Gasteiger partial charge in [0.2, 0.25) is 0 Å². The summed E-state index contributed by atoms with van der Waals surface area (Å²) in [5, 5.41) is 5.28. The molecule has 7 heteroatoms. The van der Waals surface area contributed by atoms with Crippen LogP contribution in [0.15, 0.2) is 48.4 Å². The van der Waals surface area contributed by atoms with Crippen LogP contribution in [0.5, 0.6) is 0 Å². The summed E-state index contributed by atoms with van der Waals surface area (Å²) in [7, 11) is 0. The third-order valence-corrected chi connectivity index (χ3v) is 3.74. The fraction of sp³-hybridized carbons (Fsp3) is 0.0714. The van der Waals surface area contributed by atoms with Gasteiger partial charge in [-0.1, -0.05) is 6.07 Å². The van der Waals surface area contributed by atoms with E-state index in [1.54, 1.807) is 17.9 Å². The Morgan fingerprint density at radius 1 is 1.43 bits per heavy atom. The first-order chi connectivity index (χ1) is 10.3. The summed E-state index contributed by atoms with van der Waals surface area (Å²) in [6.45, 7) is 0.341. The van der Waals surface area contributed by atoms with Gasteiger partial charge in [-0.3, -0.25) is 4.79 Å². The van der Waals surface area contributed by atoms with Crippen molar-refractivity contribution in [3.05, 3.63) is 59.1 Å². The second-order valence-electron chi connectivity index (χ2n) is 4.31. The maximum atomic E-state index is 12.1. The molecule has 3 N–H and O–H groups in total. The van der Waals surface area contributed by atoms with Gasteiger partial charge in [0.15, 0.2) is 0 Å². The number of aromatic nitrogens is 3. The highest BCUT2D eigenvalue weighted by molar-refractivity contribution is 7.09. The Bertz CT molecular complexity index is 750. The van der Waals surface area contributed by atoms with E-state index in [1.807, 2.05) is 35.0 Å². The van der Waals surface area contributed by atoms with Crippen LogP contribution in [0.3, 0.4) is 0 Å². The molecule has 0 saturated carbocycles. The first-order valence-corrected chi connectivity index (χ1v) is 7.18. The summed E-state index contributed by atoms with van der Waals surface area (Å²) in [6.07, 6.45) is 5.25. The van der Waals surface area contributed by atoms with Crippen LogP contribution in [-0.4, -0.2) is 20.4 Å². The smallest absolute Gasteiger partial charge is 0.275 e. The monoisotopic (exact) mass is 299 g/mol. The molecule has 21 heavy (non-hydrogen) atoms. The third-order valence-electron chi connectivity index (χ3n) is 2.87. The van der Waals surface area contributed by atoms with Gasteiger partial charge < -0.3 is 15.6 Å². The van der Waals surface area contributed by atoms with Gasteiger partial charge in [0.1, 0.15) is 10.7 Å².